The first-order valence-electron chi connectivity index (χ1n) is 7.52. The lowest BCUT2D eigenvalue weighted by molar-refractivity contribution is 0.102. The zero-order chi connectivity index (χ0) is 17.3. The fraction of sp³-hybridized carbons (Fsp3) is 0.500. The van der Waals surface area contributed by atoms with Gasteiger partial charge in [-0.3, -0.25) is 4.68 Å². The number of nitrogens with zero attached hydrogens (tertiary/aromatic N) is 6. The second-order valence-corrected chi connectivity index (χ2v) is 7.47. The van der Waals surface area contributed by atoms with Gasteiger partial charge in [0.05, 0.1) is 31.3 Å². The van der Waals surface area contributed by atoms with Gasteiger partial charge >= 0.3 is 0 Å². The van der Waals surface area contributed by atoms with Crippen molar-refractivity contribution in [3.63, 3.8) is 0 Å². The minimum Gasteiger partial charge on any atom is -0.375 e. The minimum atomic E-state index is -3.74. The molecule has 3 rings (SSSR count). The maximum absolute atomic E-state index is 13.0. The predicted octanol–water partition coefficient (Wildman–Crippen LogP) is 0.0393. The highest BCUT2D eigenvalue weighted by Gasteiger charge is 2.40. The lowest BCUT2D eigenvalue weighted by atomic mass is 10.1. The zero-order valence-electron chi connectivity index (χ0n) is 13.7. The molecule has 0 aliphatic carbocycles. The van der Waals surface area contributed by atoms with Gasteiger partial charge in [0.2, 0.25) is 0 Å². The van der Waals surface area contributed by atoms with Crippen LogP contribution in [-0.2, 0) is 35.3 Å². The molecule has 0 N–H and O–H groups in total. The number of fused-ring (bicyclic) bond motifs is 1. The van der Waals surface area contributed by atoms with Crippen LogP contribution in [0.25, 0.3) is 0 Å². The standard InChI is InChI=1S/C14H20N6O3S/c1-4-7-23-9-12-14-11(19(3)17-16-14)5-6-20(12)24(21,22)13-8-18(2)10-15-13/h4,8,10,12H,1,5-7,9H2,2-3H3/t12-/m1/s1. The van der Waals surface area contributed by atoms with Crippen molar-refractivity contribution in [1.82, 2.24) is 28.9 Å². The van der Waals surface area contributed by atoms with Crippen LogP contribution >= 0.6 is 0 Å². The van der Waals surface area contributed by atoms with Crippen LogP contribution in [0.15, 0.2) is 30.2 Å². The second-order valence-electron chi connectivity index (χ2n) is 5.63. The molecule has 0 saturated carbocycles. The van der Waals surface area contributed by atoms with Gasteiger partial charge in [-0.1, -0.05) is 11.3 Å². The first kappa shape index (κ1) is 16.8. The van der Waals surface area contributed by atoms with E-state index in [4.69, 9.17) is 4.74 Å². The van der Waals surface area contributed by atoms with Crippen molar-refractivity contribution in [2.75, 3.05) is 19.8 Å². The van der Waals surface area contributed by atoms with Crippen LogP contribution < -0.4 is 0 Å². The van der Waals surface area contributed by atoms with E-state index in [1.807, 2.05) is 0 Å². The summed E-state index contributed by atoms with van der Waals surface area (Å²) in [4.78, 5) is 3.99. The third-order valence-corrected chi connectivity index (χ3v) is 5.76. The van der Waals surface area contributed by atoms with Crippen LogP contribution in [0, 0.1) is 0 Å². The van der Waals surface area contributed by atoms with Crippen molar-refractivity contribution in [1.29, 1.82) is 0 Å². The molecule has 9 nitrogen and oxygen atoms in total. The van der Waals surface area contributed by atoms with Gasteiger partial charge in [0.1, 0.15) is 5.69 Å². The van der Waals surface area contributed by atoms with Crippen LogP contribution in [0.3, 0.4) is 0 Å². The maximum atomic E-state index is 13.0. The van der Waals surface area contributed by atoms with Crippen LogP contribution in [0.2, 0.25) is 0 Å². The lowest BCUT2D eigenvalue weighted by Gasteiger charge is -2.32. The molecule has 1 atom stereocenters. The molecule has 1 aliphatic rings. The van der Waals surface area contributed by atoms with Gasteiger partial charge in [-0.05, 0) is 0 Å². The normalized spacial score (nSPS) is 18.5. The Balaban J connectivity index is 1.97. The summed E-state index contributed by atoms with van der Waals surface area (Å²) in [6.07, 6.45) is 5.12. The van der Waals surface area contributed by atoms with Gasteiger partial charge in [-0.2, -0.15) is 4.31 Å². The van der Waals surface area contributed by atoms with E-state index < -0.39 is 16.1 Å². The molecule has 0 aromatic carbocycles. The summed E-state index contributed by atoms with van der Waals surface area (Å²) in [7, 11) is -0.211. The number of hydrogen-bond acceptors (Lipinski definition) is 6. The van der Waals surface area contributed by atoms with E-state index in [0.717, 1.165) is 5.69 Å². The van der Waals surface area contributed by atoms with Crippen molar-refractivity contribution in [2.24, 2.45) is 14.1 Å². The molecule has 1 aliphatic heterocycles. The van der Waals surface area contributed by atoms with Crippen molar-refractivity contribution < 1.29 is 13.2 Å². The average molecular weight is 352 g/mol. The average Bonchev–Trinajstić information content (AvgIpc) is 3.15. The van der Waals surface area contributed by atoms with E-state index in [1.165, 1.54) is 16.8 Å². The number of rotatable bonds is 6. The first-order valence-corrected chi connectivity index (χ1v) is 8.96. The molecule has 2 aromatic rings. The van der Waals surface area contributed by atoms with Gasteiger partial charge in [0, 0.05) is 33.3 Å². The van der Waals surface area contributed by atoms with Crippen molar-refractivity contribution in [2.45, 2.75) is 17.5 Å². The summed E-state index contributed by atoms with van der Waals surface area (Å²) >= 11 is 0. The Bertz CT molecular complexity index is 841. The number of imidazole rings is 1. The molecule has 24 heavy (non-hydrogen) atoms. The van der Waals surface area contributed by atoms with E-state index in [1.54, 1.807) is 29.4 Å². The smallest absolute Gasteiger partial charge is 0.262 e. The molecule has 0 unspecified atom stereocenters. The third kappa shape index (κ3) is 2.87. The largest absolute Gasteiger partial charge is 0.375 e. The molecule has 2 aromatic heterocycles. The quantitative estimate of drug-likeness (QED) is 0.538. The van der Waals surface area contributed by atoms with Gasteiger partial charge in [0.25, 0.3) is 10.0 Å². The fourth-order valence-electron chi connectivity index (χ4n) is 2.80. The van der Waals surface area contributed by atoms with Crippen molar-refractivity contribution in [3.05, 3.63) is 36.6 Å². The lowest BCUT2D eigenvalue weighted by Crippen LogP contribution is -2.42. The monoisotopic (exact) mass is 352 g/mol. The van der Waals surface area contributed by atoms with Crippen LogP contribution in [-0.4, -0.2) is 57.0 Å². The van der Waals surface area contributed by atoms with Crippen molar-refractivity contribution in [3.8, 4) is 0 Å². The van der Waals surface area contributed by atoms with E-state index in [9.17, 15) is 8.42 Å². The van der Waals surface area contributed by atoms with E-state index in [0.29, 0.717) is 25.3 Å². The Labute approximate surface area is 140 Å². The number of aryl methyl sites for hydroxylation is 2. The van der Waals surface area contributed by atoms with Crippen LogP contribution in [0.4, 0.5) is 0 Å². The van der Waals surface area contributed by atoms with E-state index >= 15 is 0 Å². The van der Waals surface area contributed by atoms with Crippen LogP contribution in [0.1, 0.15) is 17.4 Å². The molecule has 0 spiro atoms. The topological polar surface area (TPSA) is 95.1 Å². The molecule has 0 saturated heterocycles. The molecule has 10 heteroatoms. The molecule has 130 valence electrons. The highest BCUT2D eigenvalue weighted by atomic mass is 32.2. The maximum Gasteiger partial charge on any atom is 0.262 e. The molecule has 0 bridgehead atoms. The van der Waals surface area contributed by atoms with Gasteiger partial charge in [0.15, 0.2) is 5.03 Å². The van der Waals surface area contributed by atoms with Gasteiger partial charge in [-0.15, -0.1) is 11.7 Å². The summed E-state index contributed by atoms with van der Waals surface area (Å²) < 4.78 is 36.2. The summed E-state index contributed by atoms with van der Waals surface area (Å²) in [6, 6.07) is -0.533. The van der Waals surface area contributed by atoms with Gasteiger partial charge in [-0.25, -0.2) is 13.4 Å². The summed E-state index contributed by atoms with van der Waals surface area (Å²) in [6.45, 7) is 4.46. The summed E-state index contributed by atoms with van der Waals surface area (Å²) in [5.41, 5.74) is 1.56. The summed E-state index contributed by atoms with van der Waals surface area (Å²) in [5.74, 6) is 0. The number of hydrogen-bond donors (Lipinski definition) is 0. The Morgan fingerprint density at radius 1 is 1.46 bits per heavy atom. The Kier molecular flexibility index (Phi) is 4.52. The molecule has 0 radical (unpaired) electrons. The van der Waals surface area contributed by atoms with E-state index in [2.05, 4.69) is 21.9 Å². The predicted molar refractivity (Wildman–Crippen MR) is 85.6 cm³/mol. The highest BCUT2D eigenvalue weighted by Crippen LogP contribution is 2.32. The van der Waals surface area contributed by atoms with E-state index in [-0.39, 0.29) is 11.6 Å². The molecule has 3 heterocycles. The third-order valence-electron chi connectivity index (χ3n) is 3.97. The SMILES string of the molecule is C=CCOC[C@@H]1c2nnn(C)c2CCN1S(=O)(=O)c1cn(C)cn1. The van der Waals surface area contributed by atoms with Crippen molar-refractivity contribution >= 4 is 10.0 Å². The Morgan fingerprint density at radius 2 is 2.25 bits per heavy atom. The summed E-state index contributed by atoms with van der Waals surface area (Å²) in [5, 5.41) is 8.19. The molecular formula is C14H20N6O3S. The minimum absolute atomic E-state index is 0.0195. The first-order chi connectivity index (χ1) is 11.4. The number of sulfonamides is 1. The second kappa shape index (κ2) is 6.46. The molecule has 0 amide bonds. The highest BCUT2D eigenvalue weighted by molar-refractivity contribution is 7.89. The van der Waals surface area contributed by atoms with Gasteiger partial charge < -0.3 is 9.30 Å². The fourth-order valence-corrected chi connectivity index (χ4v) is 4.35. The van der Waals surface area contributed by atoms with Crippen LogP contribution in [0.5, 0.6) is 0 Å². The Morgan fingerprint density at radius 3 is 2.92 bits per heavy atom. The zero-order valence-corrected chi connectivity index (χ0v) is 14.5. The molecule has 0 fully saturated rings. The number of ether oxygens (including phenoxy) is 1. The number of aromatic nitrogens is 5. The Hall–Kier alpha value is -2.04. The molecular weight excluding hydrogens is 332 g/mol.